The molecule has 8 atom stereocenters. The summed E-state index contributed by atoms with van der Waals surface area (Å²) in [4.78, 5) is 56.5. The van der Waals surface area contributed by atoms with Gasteiger partial charge in [0.2, 0.25) is 11.8 Å². The monoisotopic (exact) mass is 498 g/mol. The highest BCUT2D eigenvalue weighted by Gasteiger charge is 2.70. The first kappa shape index (κ1) is 22.1. The number of aliphatic carboxylic acids is 1. The molecule has 34 heavy (non-hydrogen) atoms. The normalized spacial score (nSPS) is 34.4. The summed E-state index contributed by atoms with van der Waals surface area (Å²) < 4.78 is 0. The van der Waals surface area contributed by atoms with E-state index in [4.69, 9.17) is 0 Å². The Labute approximate surface area is 204 Å². The average Bonchev–Trinajstić information content (AvgIpc) is 3.49. The molecule has 1 saturated heterocycles. The first-order chi connectivity index (χ1) is 16.2. The number of carbonyl (C=O) groups is 3. The van der Waals surface area contributed by atoms with Gasteiger partial charge in [-0.1, -0.05) is 55.0 Å². The number of H-pyrrole nitrogens is 1. The van der Waals surface area contributed by atoms with Crippen LogP contribution in [-0.2, 0) is 14.4 Å². The van der Waals surface area contributed by atoms with Crippen molar-refractivity contribution in [2.24, 2.45) is 35.5 Å². The quantitative estimate of drug-likeness (QED) is 0.626. The molecule has 2 saturated carbocycles. The van der Waals surface area contributed by atoms with Gasteiger partial charge in [0.15, 0.2) is 0 Å². The Morgan fingerprint density at radius 2 is 1.74 bits per heavy atom. The molecule has 2 aromatic rings. The smallest absolute Gasteiger partial charge is 0.327 e. The predicted octanol–water partition coefficient (Wildman–Crippen LogP) is 3.33. The van der Waals surface area contributed by atoms with Gasteiger partial charge in [-0.05, 0) is 42.6 Å². The first-order valence-corrected chi connectivity index (χ1v) is 13.4. The number of carbonyl (C=O) groups excluding carboxylic acids is 2. The van der Waals surface area contributed by atoms with Crippen LogP contribution in [0.1, 0.15) is 42.2 Å². The fourth-order valence-electron chi connectivity index (χ4n) is 7.15. The van der Waals surface area contributed by atoms with Crippen LogP contribution >= 0.6 is 23.1 Å². The molecular weight excluding hydrogens is 472 g/mol. The number of aromatic amines is 1. The molecule has 6 rings (SSSR count). The number of carboxylic acid groups (broad SMARTS) is 1. The second kappa shape index (κ2) is 7.55. The number of nitrogens with zero attached hydrogens (tertiary/aromatic N) is 1. The Kier molecular flexibility index (Phi) is 4.91. The number of carboxylic acids is 1. The zero-order valence-corrected chi connectivity index (χ0v) is 20.7. The first-order valence-electron chi connectivity index (χ1n) is 11.7. The Morgan fingerprint density at radius 3 is 2.35 bits per heavy atom. The predicted molar refractivity (Wildman–Crippen MR) is 128 cm³/mol. The number of rotatable bonds is 4. The highest BCUT2D eigenvalue weighted by molar-refractivity contribution is 8.00. The maximum absolute atomic E-state index is 13.6. The minimum absolute atomic E-state index is 0.00226. The number of aryl methyl sites for hydroxylation is 1. The average molecular weight is 499 g/mol. The summed E-state index contributed by atoms with van der Waals surface area (Å²) in [7, 11) is 0. The summed E-state index contributed by atoms with van der Waals surface area (Å²) in [6.45, 7) is 5.51. The lowest BCUT2D eigenvalue weighted by Crippen LogP contribution is -2.49. The number of aromatic nitrogens is 1. The van der Waals surface area contributed by atoms with E-state index in [1.165, 1.54) is 11.3 Å². The summed E-state index contributed by atoms with van der Waals surface area (Å²) in [5.41, 5.74) is 2.28. The van der Waals surface area contributed by atoms with Crippen LogP contribution in [0.3, 0.4) is 0 Å². The number of hydrogen-bond acceptors (Lipinski definition) is 6. The van der Waals surface area contributed by atoms with E-state index in [-0.39, 0.29) is 51.5 Å². The largest absolute Gasteiger partial charge is 0.480 e. The molecule has 9 heteroatoms. The molecule has 4 aliphatic rings. The van der Waals surface area contributed by atoms with E-state index >= 15 is 0 Å². The van der Waals surface area contributed by atoms with Crippen LogP contribution < -0.4 is 4.87 Å². The number of thioether (sulfide) groups is 1. The Hall–Kier alpha value is -2.39. The van der Waals surface area contributed by atoms with Gasteiger partial charge in [-0.15, -0.1) is 11.8 Å². The lowest BCUT2D eigenvalue weighted by molar-refractivity contribution is -0.157. The molecule has 2 aliphatic heterocycles. The number of amides is 2. The van der Waals surface area contributed by atoms with Crippen molar-refractivity contribution in [3.63, 3.8) is 0 Å². The van der Waals surface area contributed by atoms with Gasteiger partial charge in [-0.2, -0.15) is 0 Å². The zero-order valence-electron chi connectivity index (χ0n) is 19.1. The third kappa shape index (κ3) is 2.89. The van der Waals surface area contributed by atoms with Crippen LogP contribution in [0, 0.1) is 42.4 Å². The number of nitrogens with one attached hydrogen (secondary N) is 1. The summed E-state index contributed by atoms with van der Waals surface area (Å²) >= 11 is 2.89. The fraction of sp³-hybridized carbons (Fsp3) is 0.520. The van der Waals surface area contributed by atoms with E-state index < -0.39 is 23.8 Å². The molecule has 3 heterocycles. The van der Waals surface area contributed by atoms with Gasteiger partial charge in [0, 0.05) is 16.0 Å². The van der Waals surface area contributed by atoms with Crippen LogP contribution in [0.15, 0.2) is 34.1 Å². The van der Waals surface area contributed by atoms with Crippen molar-refractivity contribution in [2.45, 2.75) is 49.4 Å². The van der Waals surface area contributed by atoms with Crippen molar-refractivity contribution in [1.82, 2.24) is 9.88 Å². The minimum Gasteiger partial charge on any atom is -0.480 e. The van der Waals surface area contributed by atoms with E-state index in [1.54, 1.807) is 25.6 Å². The van der Waals surface area contributed by atoms with Crippen molar-refractivity contribution in [1.29, 1.82) is 0 Å². The van der Waals surface area contributed by atoms with Crippen molar-refractivity contribution >= 4 is 40.9 Å². The van der Waals surface area contributed by atoms with Gasteiger partial charge in [0.25, 0.3) is 0 Å². The van der Waals surface area contributed by atoms with Crippen LogP contribution in [0.25, 0.3) is 0 Å². The standard InChI is InChI=1S/C25H26N2O5S2/c1-9(2)18(24(30)31)27-22(28)16-12-8-13(17(16)23(27)29)19-15(12)14(11-6-4-10(3)5-7-11)20-21(33-19)26-25(32)34-20/h4-7,9,12-19H,8H2,1-3H3,(H,26,32)(H,30,31). The SMILES string of the molecule is Cc1ccc(C2c3sc(=O)[nH]c3SC3C4CC(C5C(=O)N(C(C(=O)O)C(C)C)C(=O)C45)C23)cc1. The van der Waals surface area contributed by atoms with E-state index in [1.807, 2.05) is 6.92 Å². The van der Waals surface area contributed by atoms with Crippen molar-refractivity contribution in [3.8, 4) is 0 Å². The van der Waals surface area contributed by atoms with Crippen molar-refractivity contribution in [2.75, 3.05) is 0 Å². The number of benzene rings is 1. The summed E-state index contributed by atoms with van der Waals surface area (Å²) in [5, 5.41) is 10.8. The molecule has 1 aromatic heterocycles. The Morgan fingerprint density at radius 1 is 1.09 bits per heavy atom. The third-order valence-electron chi connectivity index (χ3n) is 8.36. The Bertz CT molecular complexity index is 1260. The molecule has 3 fully saturated rings. The highest BCUT2D eigenvalue weighted by Crippen LogP contribution is 2.68. The van der Waals surface area contributed by atoms with Gasteiger partial charge in [-0.25, -0.2) is 4.79 Å². The molecule has 2 amide bonds. The lowest BCUT2D eigenvalue weighted by Gasteiger charge is -2.43. The maximum atomic E-state index is 13.6. The molecule has 2 N–H and O–H groups in total. The second-order valence-corrected chi connectivity index (χ2v) is 12.6. The molecule has 8 unspecified atom stereocenters. The van der Waals surface area contributed by atoms with Crippen molar-refractivity contribution < 1.29 is 19.5 Å². The molecule has 178 valence electrons. The van der Waals surface area contributed by atoms with Gasteiger partial charge in [0.05, 0.1) is 16.9 Å². The van der Waals surface area contributed by atoms with Gasteiger partial charge < -0.3 is 10.1 Å². The molecule has 0 radical (unpaired) electrons. The summed E-state index contributed by atoms with van der Waals surface area (Å²) in [6, 6.07) is 7.23. The molecule has 2 aliphatic carbocycles. The number of thiazole rings is 1. The fourth-order valence-corrected chi connectivity index (χ4v) is 10.0. The molecular formula is C25H26N2O5S2. The van der Waals surface area contributed by atoms with Crippen molar-refractivity contribution in [3.05, 3.63) is 49.9 Å². The number of likely N-dealkylation sites (tertiary alicyclic amines) is 1. The molecule has 0 spiro atoms. The van der Waals surface area contributed by atoms with Crippen LogP contribution in [-0.4, -0.2) is 44.1 Å². The molecule has 1 aromatic carbocycles. The number of imide groups is 1. The van der Waals surface area contributed by atoms with Crippen LogP contribution in [0.5, 0.6) is 0 Å². The number of fused-ring (bicyclic) bond motifs is 9. The topological polar surface area (TPSA) is 108 Å². The van der Waals surface area contributed by atoms with Gasteiger partial charge in [0.1, 0.15) is 6.04 Å². The van der Waals surface area contributed by atoms with E-state index in [2.05, 4.69) is 29.2 Å². The lowest BCUT2D eigenvalue weighted by atomic mass is 9.68. The second-order valence-electron chi connectivity index (χ2n) is 10.4. The highest BCUT2D eigenvalue weighted by atomic mass is 32.2. The molecule has 2 bridgehead atoms. The summed E-state index contributed by atoms with van der Waals surface area (Å²) in [5.74, 6) is -2.96. The number of hydrogen-bond donors (Lipinski definition) is 2. The van der Waals surface area contributed by atoms with Gasteiger partial charge >= 0.3 is 10.8 Å². The maximum Gasteiger partial charge on any atom is 0.327 e. The Balaban J connectivity index is 1.44. The van der Waals surface area contributed by atoms with E-state index in [0.717, 1.165) is 32.4 Å². The molecule has 7 nitrogen and oxygen atoms in total. The van der Waals surface area contributed by atoms with Crippen LogP contribution in [0.2, 0.25) is 0 Å². The van der Waals surface area contributed by atoms with Crippen LogP contribution in [0.4, 0.5) is 0 Å². The zero-order chi connectivity index (χ0) is 24.0. The van der Waals surface area contributed by atoms with E-state index in [9.17, 15) is 24.3 Å². The summed E-state index contributed by atoms with van der Waals surface area (Å²) in [6.07, 6.45) is 0.796. The van der Waals surface area contributed by atoms with E-state index in [0.29, 0.717) is 0 Å². The minimum atomic E-state index is -1.13. The third-order valence-corrected chi connectivity index (χ3v) is 10.9. The van der Waals surface area contributed by atoms with Gasteiger partial charge in [-0.3, -0.25) is 19.3 Å².